The van der Waals surface area contributed by atoms with Crippen LogP contribution in [-0.2, 0) is 12.8 Å². The monoisotopic (exact) mass is 504 g/mol. The fourth-order valence-corrected chi connectivity index (χ4v) is 6.40. The van der Waals surface area contributed by atoms with Crippen LogP contribution in [-0.4, -0.2) is 9.13 Å². The van der Waals surface area contributed by atoms with Gasteiger partial charge in [-0.1, -0.05) is 60.7 Å². The van der Waals surface area contributed by atoms with E-state index in [1.54, 1.807) is 0 Å². The van der Waals surface area contributed by atoms with Crippen molar-refractivity contribution < 1.29 is 4.74 Å². The van der Waals surface area contributed by atoms with Crippen LogP contribution in [0.3, 0.4) is 0 Å². The predicted octanol–water partition coefficient (Wildman–Crippen LogP) is 9.29. The Hall–Kier alpha value is -4.76. The highest BCUT2D eigenvalue weighted by atomic mass is 16.5. The minimum Gasteiger partial charge on any atom is -0.457 e. The molecule has 2 aliphatic rings. The Labute approximate surface area is 227 Å². The number of ether oxygens (including phenoxy) is 1. The second-order valence-corrected chi connectivity index (χ2v) is 10.4. The van der Waals surface area contributed by atoms with Gasteiger partial charge in [0.15, 0.2) is 0 Å². The maximum Gasteiger partial charge on any atom is 0.127 e. The van der Waals surface area contributed by atoms with E-state index in [0.29, 0.717) is 0 Å². The first-order chi connectivity index (χ1) is 19.3. The molecule has 0 N–H and O–H groups in total. The summed E-state index contributed by atoms with van der Waals surface area (Å²) in [6.07, 6.45) is 13.6. The normalized spacial score (nSPS) is 14.1. The van der Waals surface area contributed by atoms with Crippen molar-refractivity contribution in [2.45, 2.75) is 25.7 Å². The number of benzene rings is 4. The summed E-state index contributed by atoms with van der Waals surface area (Å²) >= 11 is 0. The average Bonchev–Trinajstić information content (AvgIpc) is 3.51. The summed E-state index contributed by atoms with van der Waals surface area (Å²) in [6, 6.07) is 34.2. The van der Waals surface area contributed by atoms with E-state index in [0.717, 1.165) is 42.9 Å². The molecule has 6 aromatic rings. The fraction of sp³-hybridized carbons (Fsp3) is 0.111. The third kappa shape index (κ3) is 3.58. The molecule has 0 aliphatic heterocycles. The smallest absolute Gasteiger partial charge is 0.127 e. The summed E-state index contributed by atoms with van der Waals surface area (Å²) in [7, 11) is 0. The maximum atomic E-state index is 6.28. The Kier molecular flexibility index (Phi) is 5.09. The fourth-order valence-electron chi connectivity index (χ4n) is 6.40. The molecule has 2 heterocycles. The molecule has 2 aliphatic carbocycles. The molecule has 0 radical (unpaired) electrons. The quantitative estimate of drug-likeness (QED) is 0.234. The van der Waals surface area contributed by atoms with Gasteiger partial charge in [-0.15, -0.1) is 0 Å². The molecule has 0 bridgehead atoms. The van der Waals surface area contributed by atoms with Crippen molar-refractivity contribution in [1.29, 1.82) is 0 Å². The summed E-state index contributed by atoms with van der Waals surface area (Å²) in [5, 5.41) is 2.54. The lowest BCUT2D eigenvalue weighted by atomic mass is 9.97. The van der Waals surface area contributed by atoms with E-state index in [9.17, 15) is 0 Å². The molecule has 39 heavy (non-hydrogen) atoms. The number of fused-ring (bicyclic) bond motifs is 6. The van der Waals surface area contributed by atoms with E-state index in [2.05, 4.69) is 131 Å². The standard InChI is InChI=1S/C36H28N2O/c1-5-13-33-29(9-1)30-10-2-6-14-34(30)37(33)25-17-21-27(22-18-25)39-28-23-19-26(20-24-28)38-35-15-7-3-11-31(35)32-12-4-8-16-36(32)38/h1-6,9-14,17-24H,7-8,15-16H2. The van der Waals surface area contributed by atoms with Crippen LogP contribution in [0.1, 0.15) is 35.4 Å². The van der Waals surface area contributed by atoms with Crippen LogP contribution in [0.4, 0.5) is 0 Å². The lowest BCUT2D eigenvalue weighted by Crippen LogP contribution is -2.07. The van der Waals surface area contributed by atoms with Gasteiger partial charge in [0, 0.05) is 44.7 Å². The highest BCUT2D eigenvalue weighted by Crippen LogP contribution is 2.37. The Balaban J connectivity index is 1.09. The zero-order chi connectivity index (χ0) is 25.8. The van der Waals surface area contributed by atoms with Gasteiger partial charge in [-0.2, -0.15) is 0 Å². The third-order valence-corrected chi connectivity index (χ3v) is 8.12. The molecular formula is C36H28N2O. The van der Waals surface area contributed by atoms with Gasteiger partial charge in [-0.3, -0.25) is 0 Å². The van der Waals surface area contributed by atoms with Crippen LogP contribution in [0, 0.1) is 0 Å². The molecule has 0 spiro atoms. The van der Waals surface area contributed by atoms with E-state index >= 15 is 0 Å². The maximum absolute atomic E-state index is 6.28. The number of hydrogen-bond donors (Lipinski definition) is 0. The van der Waals surface area contributed by atoms with E-state index in [4.69, 9.17) is 4.74 Å². The molecule has 2 aromatic heterocycles. The Bertz CT molecular complexity index is 1820. The molecule has 8 rings (SSSR count). The van der Waals surface area contributed by atoms with Crippen LogP contribution >= 0.6 is 0 Å². The third-order valence-electron chi connectivity index (χ3n) is 8.12. The molecule has 3 nitrogen and oxygen atoms in total. The molecule has 0 atom stereocenters. The summed E-state index contributed by atoms with van der Waals surface area (Å²) < 4.78 is 11.1. The first-order valence-electron chi connectivity index (χ1n) is 13.8. The second kappa shape index (κ2) is 8.92. The number of nitrogens with zero attached hydrogens (tertiary/aromatic N) is 2. The topological polar surface area (TPSA) is 19.1 Å². The van der Waals surface area contributed by atoms with E-state index in [1.165, 1.54) is 50.0 Å². The summed E-state index contributed by atoms with van der Waals surface area (Å²) in [4.78, 5) is 0. The van der Waals surface area contributed by atoms with Crippen LogP contribution in [0.15, 0.2) is 109 Å². The van der Waals surface area contributed by atoms with Gasteiger partial charge >= 0.3 is 0 Å². The number of hydrogen-bond acceptors (Lipinski definition) is 1. The van der Waals surface area contributed by atoms with Crippen molar-refractivity contribution in [3.8, 4) is 22.9 Å². The molecule has 0 saturated carbocycles. The first kappa shape index (κ1) is 22.2. The lowest BCUT2D eigenvalue weighted by molar-refractivity contribution is 0.482. The van der Waals surface area contributed by atoms with E-state index < -0.39 is 0 Å². The van der Waals surface area contributed by atoms with Gasteiger partial charge in [0.2, 0.25) is 0 Å². The number of aromatic nitrogens is 2. The highest BCUT2D eigenvalue weighted by Gasteiger charge is 2.23. The van der Waals surface area contributed by atoms with Crippen molar-refractivity contribution in [1.82, 2.24) is 9.13 Å². The zero-order valence-electron chi connectivity index (χ0n) is 21.7. The van der Waals surface area contributed by atoms with Crippen LogP contribution < -0.4 is 4.74 Å². The van der Waals surface area contributed by atoms with Crippen molar-refractivity contribution in [2.24, 2.45) is 0 Å². The van der Waals surface area contributed by atoms with Crippen molar-refractivity contribution >= 4 is 34.0 Å². The Morgan fingerprint density at radius 1 is 0.487 bits per heavy atom. The summed E-state index contributed by atoms with van der Waals surface area (Å²) in [6.45, 7) is 0. The highest BCUT2D eigenvalue weighted by molar-refractivity contribution is 6.09. The molecule has 0 saturated heterocycles. The predicted molar refractivity (Wildman–Crippen MR) is 161 cm³/mol. The van der Waals surface area contributed by atoms with Gasteiger partial charge < -0.3 is 13.9 Å². The first-order valence-corrected chi connectivity index (χ1v) is 13.8. The largest absolute Gasteiger partial charge is 0.457 e. The molecule has 0 fully saturated rings. The molecular weight excluding hydrogens is 476 g/mol. The van der Waals surface area contributed by atoms with Crippen molar-refractivity contribution in [3.05, 3.63) is 132 Å². The van der Waals surface area contributed by atoms with Crippen molar-refractivity contribution in [2.75, 3.05) is 0 Å². The second-order valence-electron chi connectivity index (χ2n) is 10.4. The van der Waals surface area contributed by atoms with Gasteiger partial charge in [0.1, 0.15) is 11.5 Å². The molecule has 4 aromatic carbocycles. The van der Waals surface area contributed by atoms with E-state index in [-0.39, 0.29) is 0 Å². The summed E-state index contributed by atoms with van der Waals surface area (Å²) in [5.74, 6) is 1.68. The van der Waals surface area contributed by atoms with Crippen LogP contribution in [0.2, 0.25) is 0 Å². The van der Waals surface area contributed by atoms with Gasteiger partial charge in [-0.25, -0.2) is 0 Å². The number of rotatable bonds is 4. The van der Waals surface area contributed by atoms with Gasteiger partial charge in [0.25, 0.3) is 0 Å². The summed E-state index contributed by atoms with van der Waals surface area (Å²) in [5.41, 5.74) is 10.4. The SMILES string of the molecule is C1=Cc2c3c(n(-c4ccc(Oc5ccc(-n6c7ccccc7c7ccccc76)cc5)cc4)c2CC1)CCC=C3. The molecule has 0 unspecified atom stereocenters. The Morgan fingerprint density at radius 3 is 1.46 bits per heavy atom. The molecule has 188 valence electrons. The van der Waals surface area contributed by atoms with Gasteiger partial charge in [-0.05, 0) is 86.3 Å². The minimum atomic E-state index is 0.832. The molecule has 0 amide bonds. The van der Waals surface area contributed by atoms with Gasteiger partial charge in [0.05, 0.1) is 11.0 Å². The number of para-hydroxylation sites is 2. The van der Waals surface area contributed by atoms with Crippen LogP contribution in [0.5, 0.6) is 11.5 Å². The van der Waals surface area contributed by atoms with E-state index in [1.807, 2.05) is 0 Å². The average molecular weight is 505 g/mol. The van der Waals surface area contributed by atoms with Crippen LogP contribution in [0.25, 0.3) is 45.3 Å². The zero-order valence-corrected chi connectivity index (χ0v) is 21.7. The number of allylic oxidation sites excluding steroid dienone is 2. The van der Waals surface area contributed by atoms with Crippen molar-refractivity contribution in [3.63, 3.8) is 0 Å². The lowest BCUT2D eigenvalue weighted by Gasteiger charge is -2.16. The minimum absolute atomic E-state index is 0.832. The Morgan fingerprint density at radius 2 is 0.949 bits per heavy atom. The molecule has 3 heteroatoms.